The largest absolute Gasteiger partial charge is 0.298 e. The molecule has 0 fully saturated rings. The minimum absolute atomic E-state index is 0.0991. The van der Waals surface area contributed by atoms with Crippen molar-refractivity contribution in [3.05, 3.63) is 59.4 Å². The van der Waals surface area contributed by atoms with Crippen molar-refractivity contribution in [2.45, 2.75) is 13.3 Å². The van der Waals surface area contributed by atoms with Gasteiger partial charge in [-0.3, -0.25) is 4.79 Å². The van der Waals surface area contributed by atoms with E-state index in [1.54, 1.807) is 12.1 Å². The lowest BCUT2D eigenvalue weighted by Crippen LogP contribution is -1.91. The maximum Gasteiger partial charge on any atom is 0.153 e. The number of benzene rings is 2. The molecule has 0 atom stereocenters. The molecule has 2 aromatic carbocycles. The first kappa shape index (κ1) is 11.5. The third kappa shape index (κ3) is 2.26. The first-order valence-electron chi connectivity index (χ1n) is 5.59. The maximum absolute atomic E-state index is 13.9. The van der Waals surface area contributed by atoms with E-state index in [2.05, 4.69) is 6.92 Å². The van der Waals surface area contributed by atoms with Crippen LogP contribution in [0.5, 0.6) is 0 Å². The highest BCUT2D eigenvalue weighted by Crippen LogP contribution is 2.24. The second kappa shape index (κ2) is 4.91. The predicted octanol–water partition coefficient (Wildman–Crippen LogP) is 3.87. The minimum atomic E-state index is -0.452. The molecular weight excluding hydrogens is 215 g/mol. The fourth-order valence-corrected chi connectivity index (χ4v) is 1.78. The van der Waals surface area contributed by atoms with Crippen LogP contribution in [-0.2, 0) is 6.42 Å². The quantitative estimate of drug-likeness (QED) is 0.729. The van der Waals surface area contributed by atoms with E-state index in [-0.39, 0.29) is 5.56 Å². The highest BCUT2D eigenvalue weighted by atomic mass is 19.1. The van der Waals surface area contributed by atoms with Gasteiger partial charge in [0.25, 0.3) is 0 Å². The molecule has 1 nitrogen and oxygen atoms in total. The molecule has 0 unspecified atom stereocenters. The Morgan fingerprint density at radius 2 is 1.82 bits per heavy atom. The van der Waals surface area contributed by atoms with Crippen molar-refractivity contribution in [2.24, 2.45) is 0 Å². The summed E-state index contributed by atoms with van der Waals surface area (Å²) in [4.78, 5) is 10.7. The van der Waals surface area contributed by atoms with Gasteiger partial charge < -0.3 is 0 Å². The summed E-state index contributed by atoms with van der Waals surface area (Å²) in [5.41, 5.74) is 2.57. The molecule has 0 heterocycles. The molecule has 0 saturated heterocycles. The van der Waals surface area contributed by atoms with E-state index in [0.717, 1.165) is 12.0 Å². The van der Waals surface area contributed by atoms with Crippen molar-refractivity contribution < 1.29 is 9.18 Å². The lowest BCUT2D eigenvalue weighted by Gasteiger charge is -2.06. The van der Waals surface area contributed by atoms with Crippen molar-refractivity contribution in [1.82, 2.24) is 0 Å². The molecule has 0 spiro atoms. The molecule has 0 aliphatic heterocycles. The van der Waals surface area contributed by atoms with Gasteiger partial charge in [-0.1, -0.05) is 43.3 Å². The van der Waals surface area contributed by atoms with Gasteiger partial charge in [-0.05, 0) is 23.6 Å². The van der Waals surface area contributed by atoms with E-state index in [9.17, 15) is 9.18 Å². The Bertz CT molecular complexity index is 529. The second-order valence-corrected chi connectivity index (χ2v) is 3.88. The predicted molar refractivity (Wildman–Crippen MR) is 66.6 cm³/mol. The first-order chi connectivity index (χ1) is 8.26. The molecule has 0 amide bonds. The van der Waals surface area contributed by atoms with Crippen LogP contribution in [0, 0.1) is 5.82 Å². The van der Waals surface area contributed by atoms with Crippen molar-refractivity contribution in [3.8, 4) is 11.1 Å². The second-order valence-electron chi connectivity index (χ2n) is 3.88. The molecule has 0 aliphatic carbocycles. The topological polar surface area (TPSA) is 17.1 Å². The molecule has 0 saturated carbocycles. The molecule has 86 valence electrons. The summed E-state index contributed by atoms with van der Waals surface area (Å²) in [6.07, 6.45) is 1.50. The Balaban J connectivity index is 2.48. The number of aldehydes is 1. The number of hydrogen-bond donors (Lipinski definition) is 0. The van der Waals surface area contributed by atoms with E-state index < -0.39 is 5.82 Å². The van der Waals surface area contributed by atoms with Gasteiger partial charge >= 0.3 is 0 Å². The fourth-order valence-electron chi connectivity index (χ4n) is 1.78. The van der Waals surface area contributed by atoms with Gasteiger partial charge in [0.1, 0.15) is 5.82 Å². The number of carbonyl (C=O) groups excluding carboxylic acids is 1. The van der Waals surface area contributed by atoms with Crippen molar-refractivity contribution >= 4 is 6.29 Å². The smallest absolute Gasteiger partial charge is 0.153 e. The van der Waals surface area contributed by atoms with Gasteiger partial charge in [0.2, 0.25) is 0 Å². The molecule has 17 heavy (non-hydrogen) atoms. The molecule has 0 aliphatic rings. The summed E-state index contributed by atoms with van der Waals surface area (Å²) in [6.45, 7) is 2.07. The lowest BCUT2D eigenvalue weighted by molar-refractivity contribution is 0.112. The average Bonchev–Trinajstić information content (AvgIpc) is 2.39. The van der Waals surface area contributed by atoms with E-state index in [1.807, 2.05) is 24.3 Å². The van der Waals surface area contributed by atoms with E-state index in [4.69, 9.17) is 0 Å². The number of rotatable bonds is 3. The van der Waals surface area contributed by atoms with E-state index >= 15 is 0 Å². The summed E-state index contributed by atoms with van der Waals surface area (Å²) in [5.74, 6) is -0.452. The Kier molecular flexibility index (Phi) is 3.33. The highest BCUT2D eigenvalue weighted by Gasteiger charge is 2.08. The standard InChI is InChI=1S/C15H13FO/c1-2-11-6-8-12(9-7-11)14-5-3-4-13(10-17)15(14)16/h3-10H,2H2,1H3. The van der Waals surface area contributed by atoms with Gasteiger partial charge in [0.15, 0.2) is 6.29 Å². The molecule has 0 bridgehead atoms. The zero-order valence-electron chi connectivity index (χ0n) is 9.61. The van der Waals surface area contributed by atoms with Crippen molar-refractivity contribution in [3.63, 3.8) is 0 Å². The van der Waals surface area contributed by atoms with Crippen LogP contribution >= 0.6 is 0 Å². The Morgan fingerprint density at radius 3 is 2.41 bits per heavy atom. The van der Waals surface area contributed by atoms with Gasteiger partial charge in [-0.25, -0.2) is 4.39 Å². The SMILES string of the molecule is CCc1ccc(-c2cccc(C=O)c2F)cc1. The Morgan fingerprint density at radius 1 is 1.12 bits per heavy atom. The zero-order valence-corrected chi connectivity index (χ0v) is 9.61. The van der Waals surface area contributed by atoms with Crippen LogP contribution in [0.25, 0.3) is 11.1 Å². The number of aryl methyl sites for hydroxylation is 1. The summed E-state index contributed by atoms with van der Waals surface area (Å²) < 4.78 is 13.9. The van der Waals surface area contributed by atoms with E-state index in [0.29, 0.717) is 11.8 Å². The minimum Gasteiger partial charge on any atom is -0.298 e. The molecule has 2 aromatic rings. The average molecular weight is 228 g/mol. The van der Waals surface area contributed by atoms with Crippen LogP contribution < -0.4 is 0 Å². The number of carbonyl (C=O) groups is 1. The lowest BCUT2D eigenvalue weighted by atomic mass is 10.0. The van der Waals surface area contributed by atoms with Crippen molar-refractivity contribution in [2.75, 3.05) is 0 Å². The van der Waals surface area contributed by atoms with E-state index in [1.165, 1.54) is 11.6 Å². The monoisotopic (exact) mass is 228 g/mol. The highest BCUT2D eigenvalue weighted by molar-refractivity contribution is 5.79. The normalized spacial score (nSPS) is 10.2. The fraction of sp³-hybridized carbons (Fsp3) is 0.133. The van der Waals surface area contributed by atoms with Crippen LogP contribution in [0.3, 0.4) is 0 Å². The summed E-state index contributed by atoms with van der Waals surface area (Å²) in [7, 11) is 0. The van der Waals surface area contributed by atoms with Crippen LogP contribution in [0.2, 0.25) is 0 Å². The molecular formula is C15H13FO. The molecule has 2 rings (SSSR count). The number of hydrogen-bond acceptors (Lipinski definition) is 1. The number of halogens is 1. The summed E-state index contributed by atoms with van der Waals surface area (Å²) in [5, 5.41) is 0. The van der Waals surface area contributed by atoms with Crippen LogP contribution in [0.1, 0.15) is 22.8 Å². The molecule has 0 radical (unpaired) electrons. The summed E-state index contributed by atoms with van der Waals surface area (Å²) >= 11 is 0. The Labute approximate surface area is 99.9 Å². The maximum atomic E-state index is 13.9. The van der Waals surface area contributed by atoms with Gasteiger partial charge in [-0.2, -0.15) is 0 Å². The first-order valence-corrected chi connectivity index (χ1v) is 5.59. The summed E-state index contributed by atoms with van der Waals surface area (Å²) in [6, 6.07) is 12.6. The third-order valence-electron chi connectivity index (χ3n) is 2.83. The van der Waals surface area contributed by atoms with Gasteiger partial charge in [-0.15, -0.1) is 0 Å². The van der Waals surface area contributed by atoms with Crippen LogP contribution in [0.15, 0.2) is 42.5 Å². The van der Waals surface area contributed by atoms with Gasteiger partial charge in [0, 0.05) is 5.56 Å². The zero-order chi connectivity index (χ0) is 12.3. The van der Waals surface area contributed by atoms with Crippen LogP contribution in [0.4, 0.5) is 4.39 Å². The third-order valence-corrected chi connectivity index (χ3v) is 2.83. The van der Waals surface area contributed by atoms with Gasteiger partial charge in [0.05, 0.1) is 5.56 Å². The Hall–Kier alpha value is -1.96. The molecule has 2 heteroatoms. The van der Waals surface area contributed by atoms with Crippen LogP contribution in [-0.4, -0.2) is 6.29 Å². The molecule has 0 aromatic heterocycles. The van der Waals surface area contributed by atoms with Crippen molar-refractivity contribution in [1.29, 1.82) is 0 Å². The molecule has 0 N–H and O–H groups in total.